The van der Waals surface area contributed by atoms with Crippen LogP contribution in [0.25, 0.3) is 0 Å². The highest BCUT2D eigenvalue weighted by molar-refractivity contribution is 7.15. The van der Waals surface area contributed by atoms with E-state index in [0.29, 0.717) is 6.04 Å². The van der Waals surface area contributed by atoms with Crippen LogP contribution < -0.4 is 10.2 Å². The molecule has 0 spiro atoms. The van der Waals surface area contributed by atoms with Gasteiger partial charge in [0.15, 0.2) is 5.13 Å². The molecule has 0 aromatic carbocycles. The third-order valence-corrected chi connectivity index (χ3v) is 3.62. The Balaban J connectivity index is 2.53. The van der Waals surface area contributed by atoms with Gasteiger partial charge in [-0.15, -0.1) is 11.3 Å². The molecular weight excluding hydrogens is 222 g/mol. The molecule has 0 radical (unpaired) electrons. The van der Waals surface area contributed by atoms with Crippen molar-refractivity contribution in [1.82, 2.24) is 10.3 Å². The van der Waals surface area contributed by atoms with E-state index >= 15 is 0 Å². The number of hydrogen-bond acceptors (Lipinski definition) is 5. The molecule has 1 heterocycles. The summed E-state index contributed by atoms with van der Waals surface area (Å²) in [6.45, 7) is 5.77. The molecule has 0 aliphatic heterocycles. The number of aromatic nitrogens is 1. The lowest BCUT2D eigenvalue weighted by Gasteiger charge is -2.11. The number of rotatable bonds is 6. The van der Waals surface area contributed by atoms with E-state index in [1.807, 2.05) is 19.0 Å². The van der Waals surface area contributed by atoms with Crippen LogP contribution in [0.2, 0.25) is 0 Å². The summed E-state index contributed by atoms with van der Waals surface area (Å²) < 4.78 is 5.08. The van der Waals surface area contributed by atoms with Gasteiger partial charge in [0.2, 0.25) is 0 Å². The summed E-state index contributed by atoms with van der Waals surface area (Å²) in [5, 5.41) is 4.48. The average molecular weight is 243 g/mol. The van der Waals surface area contributed by atoms with Crippen LogP contribution in [0.15, 0.2) is 0 Å². The van der Waals surface area contributed by atoms with Crippen molar-refractivity contribution in [3.8, 4) is 0 Å². The maximum absolute atomic E-state index is 5.08. The highest BCUT2D eigenvalue weighted by Crippen LogP contribution is 2.24. The number of methoxy groups -OCH3 is 1. The molecule has 0 aliphatic carbocycles. The largest absolute Gasteiger partial charge is 0.383 e. The van der Waals surface area contributed by atoms with Crippen molar-refractivity contribution in [3.05, 3.63) is 10.6 Å². The van der Waals surface area contributed by atoms with Gasteiger partial charge in [-0.05, 0) is 13.8 Å². The summed E-state index contributed by atoms with van der Waals surface area (Å²) in [4.78, 5) is 7.85. The zero-order valence-corrected chi connectivity index (χ0v) is 11.5. The minimum atomic E-state index is 0.370. The van der Waals surface area contributed by atoms with Crippen molar-refractivity contribution in [2.45, 2.75) is 26.4 Å². The normalized spacial score (nSPS) is 12.8. The minimum absolute atomic E-state index is 0.370. The fourth-order valence-electron chi connectivity index (χ4n) is 1.34. The maximum atomic E-state index is 5.08. The molecule has 1 aromatic heterocycles. The van der Waals surface area contributed by atoms with Crippen molar-refractivity contribution in [1.29, 1.82) is 0 Å². The summed E-state index contributed by atoms with van der Waals surface area (Å²) in [5.74, 6) is 0. The van der Waals surface area contributed by atoms with Crippen molar-refractivity contribution in [2.24, 2.45) is 0 Å². The van der Waals surface area contributed by atoms with E-state index in [0.717, 1.165) is 24.0 Å². The predicted molar refractivity (Wildman–Crippen MR) is 69.4 cm³/mol. The van der Waals surface area contributed by atoms with Crippen molar-refractivity contribution >= 4 is 16.5 Å². The van der Waals surface area contributed by atoms with E-state index in [-0.39, 0.29) is 0 Å². The number of hydrogen-bond donors (Lipinski definition) is 1. The molecular formula is C11H21N3OS. The minimum Gasteiger partial charge on any atom is -0.383 e. The fourth-order valence-corrected chi connectivity index (χ4v) is 2.28. The molecule has 0 saturated carbocycles. The maximum Gasteiger partial charge on any atom is 0.185 e. The third-order valence-electron chi connectivity index (χ3n) is 2.29. The zero-order valence-electron chi connectivity index (χ0n) is 10.7. The number of anilines is 1. The second kappa shape index (κ2) is 6.18. The molecule has 0 fully saturated rings. The number of nitrogens with zero attached hydrogens (tertiary/aromatic N) is 2. The summed E-state index contributed by atoms with van der Waals surface area (Å²) in [6, 6.07) is 0.370. The lowest BCUT2D eigenvalue weighted by atomic mass is 10.3. The number of aryl methyl sites for hydroxylation is 1. The van der Waals surface area contributed by atoms with Gasteiger partial charge >= 0.3 is 0 Å². The van der Waals surface area contributed by atoms with Gasteiger partial charge in [-0.1, -0.05) is 0 Å². The van der Waals surface area contributed by atoms with Gasteiger partial charge < -0.3 is 15.0 Å². The molecule has 0 saturated heterocycles. The SMILES string of the molecule is COCC(C)NCc1sc(N(C)C)nc1C. The second-order valence-electron chi connectivity index (χ2n) is 4.14. The molecule has 1 atom stereocenters. The third kappa shape index (κ3) is 3.73. The van der Waals surface area contributed by atoms with Crippen LogP contribution in [0, 0.1) is 6.92 Å². The first-order valence-electron chi connectivity index (χ1n) is 5.40. The Kier molecular flexibility index (Phi) is 5.18. The molecule has 0 amide bonds. The van der Waals surface area contributed by atoms with Crippen LogP contribution in [0.1, 0.15) is 17.5 Å². The fraction of sp³-hybridized carbons (Fsp3) is 0.727. The van der Waals surface area contributed by atoms with Crippen LogP contribution >= 0.6 is 11.3 Å². The van der Waals surface area contributed by atoms with Gasteiger partial charge in [0.1, 0.15) is 0 Å². The van der Waals surface area contributed by atoms with Crippen LogP contribution in [0.3, 0.4) is 0 Å². The van der Waals surface area contributed by atoms with E-state index in [1.165, 1.54) is 4.88 Å². The van der Waals surface area contributed by atoms with Crippen LogP contribution in [0.4, 0.5) is 5.13 Å². The zero-order chi connectivity index (χ0) is 12.1. The second-order valence-corrected chi connectivity index (χ2v) is 5.20. The molecule has 0 bridgehead atoms. The Bertz CT molecular complexity index is 325. The van der Waals surface area contributed by atoms with E-state index < -0.39 is 0 Å². The Morgan fingerprint density at radius 2 is 2.19 bits per heavy atom. The highest BCUT2D eigenvalue weighted by atomic mass is 32.1. The molecule has 92 valence electrons. The van der Waals surface area contributed by atoms with Crippen molar-refractivity contribution in [3.63, 3.8) is 0 Å². The van der Waals surface area contributed by atoms with Crippen LogP contribution in [0.5, 0.6) is 0 Å². The molecule has 16 heavy (non-hydrogen) atoms. The monoisotopic (exact) mass is 243 g/mol. The standard InChI is InChI=1S/C11H21N3OS/c1-8(7-15-5)12-6-10-9(2)13-11(16-10)14(3)4/h8,12H,6-7H2,1-5H3. The lowest BCUT2D eigenvalue weighted by molar-refractivity contribution is 0.172. The lowest BCUT2D eigenvalue weighted by Crippen LogP contribution is -2.29. The predicted octanol–water partition coefficient (Wildman–Crippen LogP) is 1.64. The topological polar surface area (TPSA) is 37.4 Å². The summed E-state index contributed by atoms with van der Waals surface area (Å²) >= 11 is 1.74. The van der Waals surface area contributed by atoms with E-state index in [1.54, 1.807) is 18.4 Å². The highest BCUT2D eigenvalue weighted by Gasteiger charge is 2.09. The first-order valence-corrected chi connectivity index (χ1v) is 6.22. The molecule has 4 nitrogen and oxygen atoms in total. The van der Waals surface area contributed by atoms with E-state index in [9.17, 15) is 0 Å². The summed E-state index contributed by atoms with van der Waals surface area (Å²) in [6.07, 6.45) is 0. The summed E-state index contributed by atoms with van der Waals surface area (Å²) in [5.41, 5.74) is 1.12. The van der Waals surface area contributed by atoms with E-state index in [4.69, 9.17) is 4.74 Å². The Morgan fingerprint density at radius 3 is 2.69 bits per heavy atom. The van der Waals surface area contributed by atoms with Gasteiger partial charge in [-0.25, -0.2) is 4.98 Å². The Labute approximate surface area is 102 Å². The van der Waals surface area contributed by atoms with Crippen molar-refractivity contribution in [2.75, 3.05) is 32.7 Å². The van der Waals surface area contributed by atoms with Crippen molar-refractivity contribution < 1.29 is 4.74 Å². The smallest absolute Gasteiger partial charge is 0.185 e. The van der Waals surface area contributed by atoms with Gasteiger partial charge in [0.05, 0.1) is 12.3 Å². The van der Waals surface area contributed by atoms with Crippen LogP contribution in [-0.4, -0.2) is 38.8 Å². The Morgan fingerprint density at radius 1 is 1.50 bits per heavy atom. The molecule has 1 N–H and O–H groups in total. The molecule has 1 aromatic rings. The van der Waals surface area contributed by atoms with Gasteiger partial charge in [0.25, 0.3) is 0 Å². The molecule has 5 heteroatoms. The van der Waals surface area contributed by atoms with Gasteiger partial charge in [0, 0.05) is 38.7 Å². The first-order chi connectivity index (χ1) is 7.54. The molecule has 1 rings (SSSR count). The Hall–Kier alpha value is -0.650. The van der Waals surface area contributed by atoms with Crippen LogP contribution in [-0.2, 0) is 11.3 Å². The summed E-state index contributed by atoms with van der Waals surface area (Å²) in [7, 11) is 5.76. The average Bonchev–Trinajstić information content (AvgIpc) is 2.58. The number of nitrogens with one attached hydrogen (secondary N) is 1. The molecule has 0 aliphatic rings. The number of ether oxygens (including phenoxy) is 1. The molecule has 1 unspecified atom stereocenters. The number of thiazole rings is 1. The first kappa shape index (κ1) is 13.4. The quantitative estimate of drug-likeness (QED) is 0.824. The van der Waals surface area contributed by atoms with Gasteiger partial charge in [-0.2, -0.15) is 0 Å². The van der Waals surface area contributed by atoms with E-state index in [2.05, 4.69) is 24.1 Å². The van der Waals surface area contributed by atoms with Gasteiger partial charge in [-0.3, -0.25) is 0 Å².